The van der Waals surface area contributed by atoms with Crippen LogP contribution in [0, 0.1) is 11.7 Å². The molecule has 0 aromatic heterocycles. The second-order valence-corrected chi connectivity index (χ2v) is 5.15. The van der Waals surface area contributed by atoms with Crippen LogP contribution in [0.2, 0.25) is 5.02 Å². The quantitative estimate of drug-likeness (QED) is 0.845. The Labute approximate surface area is 107 Å². The van der Waals surface area contributed by atoms with Crippen LogP contribution in [0.5, 0.6) is 0 Å². The van der Waals surface area contributed by atoms with Crippen molar-refractivity contribution in [3.63, 3.8) is 0 Å². The summed E-state index contributed by atoms with van der Waals surface area (Å²) in [6.07, 6.45) is 0. The highest BCUT2D eigenvalue weighted by Gasteiger charge is 2.19. The van der Waals surface area contributed by atoms with E-state index < -0.39 is 5.82 Å². The number of hydrogen-bond acceptors (Lipinski definition) is 1. The highest BCUT2D eigenvalue weighted by molar-refractivity contribution is 9.10. The van der Waals surface area contributed by atoms with Gasteiger partial charge in [0.1, 0.15) is 5.82 Å². The number of nitrogens with one attached hydrogen (secondary N) is 1. The Morgan fingerprint density at radius 3 is 2.69 bits per heavy atom. The normalized spacial score (nSPS) is 12.6. The number of hydrogen-bond donors (Lipinski definition) is 1. The molecule has 1 N–H and O–H groups in total. The van der Waals surface area contributed by atoms with Crippen LogP contribution in [0.15, 0.2) is 18.2 Å². The van der Waals surface area contributed by atoms with Crippen LogP contribution in [0.25, 0.3) is 0 Å². The van der Waals surface area contributed by atoms with Gasteiger partial charge in [-0.2, -0.15) is 0 Å². The fourth-order valence-electron chi connectivity index (χ4n) is 1.10. The maximum atomic E-state index is 12.9. The third-order valence-corrected chi connectivity index (χ3v) is 3.82. The Bertz CT molecular complexity index is 398. The monoisotopic (exact) mass is 307 g/mol. The van der Waals surface area contributed by atoms with E-state index in [-0.39, 0.29) is 22.3 Å². The molecule has 88 valence electrons. The Morgan fingerprint density at radius 1 is 1.50 bits per heavy atom. The molecule has 5 heteroatoms. The van der Waals surface area contributed by atoms with Crippen LogP contribution in [0.3, 0.4) is 0 Å². The van der Waals surface area contributed by atoms with Crippen molar-refractivity contribution in [3.8, 4) is 0 Å². The summed E-state index contributed by atoms with van der Waals surface area (Å²) in [7, 11) is 0. The van der Waals surface area contributed by atoms with E-state index in [9.17, 15) is 9.18 Å². The van der Waals surface area contributed by atoms with Crippen molar-refractivity contribution < 1.29 is 9.18 Å². The zero-order valence-electron chi connectivity index (χ0n) is 8.93. The lowest BCUT2D eigenvalue weighted by Gasteiger charge is -2.14. The number of carbonyl (C=O) groups is 1. The lowest BCUT2D eigenvalue weighted by molar-refractivity contribution is -0.116. The van der Waals surface area contributed by atoms with Gasteiger partial charge >= 0.3 is 0 Å². The Morgan fingerprint density at radius 2 is 2.12 bits per heavy atom. The third kappa shape index (κ3) is 3.46. The summed E-state index contributed by atoms with van der Waals surface area (Å²) in [6, 6.07) is 3.84. The maximum Gasteiger partial charge on any atom is 0.238 e. The second-order valence-electron chi connectivity index (χ2n) is 3.76. The molecule has 1 aromatic rings. The van der Waals surface area contributed by atoms with Crippen LogP contribution in [0.4, 0.5) is 10.1 Å². The molecule has 1 unspecified atom stereocenters. The first-order valence-corrected chi connectivity index (χ1v) is 6.11. The molecule has 0 radical (unpaired) electrons. The fraction of sp³-hybridized carbons (Fsp3) is 0.364. The van der Waals surface area contributed by atoms with Gasteiger partial charge in [-0.05, 0) is 24.1 Å². The first-order valence-electron chi connectivity index (χ1n) is 4.82. The van der Waals surface area contributed by atoms with E-state index in [4.69, 9.17) is 11.6 Å². The van der Waals surface area contributed by atoms with E-state index in [0.29, 0.717) is 5.02 Å². The summed E-state index contributed by atoms with van der Waals surface area (Å²) >= 11 is 9.09. The molecular formula is C11H12BrClFNO. The van der Waals surface area contributed by atoms with Gasteiger partial charge in [-0.3, -0.25) is 4.79 Å². The lowest BCUT2D eigenvalue weighted by Crippen LogP contribution is -2.27. The minimum atomic E-state index is -0.435. The van der Waals surface area contributed by atoms with Crippen molar-refractivity contribution >= 4 is 39.1 Å². The molecule has 1 atom stereocenters. The largest absolute Gasteiger partial charge is 0.324 e. The van der Waals surface area contributed by atoms with Gasteiger partial charge in [0.2, 0.25) is 5.91 Å². The van der Waals surface area contributed by atoms with Gasteiger partial charge in [0.25, 0.3) is 0 Å². The van der Waals surface area contributed by atoms with E-state index in [1.165, 1.54) is 18.2 Å². The molecule has 1 amide bonds. The average Bonchev–Trinajstić information content (AvgIpc) is 2.22. The molecule has 0 bridgehead atoms. The average molecular weight is 309 g/mol. The van der Waals surface area contributed by atoms with Crippen molar-refractivity contribution in [2.45, 2.75) is 18.7 Å². The molecule has 1 rings (SSSR count). The standard InChI is InChI=1S/C11H12BrClFNO/c1-6(2)10(12)11(16)15-9-5-7(14)3-4-8(9)13/h3-6,10H,1-2H3,(H,15,16). The Kier molecular flexibility index (Phi) is 4.74. The van der Waals surface area contributed by atoms with Crippen molar-refractivity contribution in [2.75, 3.05) is 5.32 Å². The summed E-state index contributed by atoms with van der Waals surface area (Å²) in [5.41, 5.74) is 0.289. The number of alkyl halides is 1. The van der Waals surface area contributed by atoms with Crippen LogP contribution in [-0.4, -0.2) is 10.7 Å². The Balaban J connectivity index is 2.80. The molecule has 0 aliphatic carbocycles. The molecule has 0 fully saturated rings. The number of amides is 1. The van der Waals surface area contributed by atoms with Crippen LogP contribution in [-0.2, 0) is 4.79 Å². The second kappa shape index (κ2) is 5.64. The van der Waals surface area contributed by atoms with Gasteiger partial charge in [-0.15, -0.1) is 0 Å². The zero-order chi connectivity index (χ0) is 12.3. The first kappa shape index (κ1) is 13.5. The SMILES string of the molecule is CC(C)C(Br)C(=O)Nc1cc(F)ccc1Cl. The summed E-state index contributed by atoms with van der Waals surface area (Å²) in [4.78, 5) is 11.4. The first-order chi connectivity index (χ1) is 7.41. The number of anilines is 1. The molecule has 16 heavy (non-hydrogen) atoms. The predicted molar refractivity (Wildman–Crippen MR) is 67.6 cm³/mol. The Hall–Kier alpha value is -0.610. The van der Waals surface area contributed by atoms with E-state index in [2.05, 4.69) is 21.2 Å². The fourth-order valence-corrected chi connectivity index (χ4v) is 1.38. The van der Waals surface area contributed by atoms with E-state index in [1.807, 2.05) is 13.8 Å². The van der Waals surface area contributed by atoms with Gasteiger partial charge < -0.3 is 5.32 Å². The van der Waals surface area contributed by atoms with Crippen molar-refractivity contribution in [2.24, 2.45) is 5.92 Å². The molecule has 0 aliphatic heterocycles. The van der Waals surface area contributed by atoms with Crippen LogP contribution < -0.4 is 5.32 Å². The zero-order valence-corrected chi connectivity index (χ0v) is 11.3. The van der Waals surface area contributed by atoms with E-state index >= 15 is 0 Å². The number of rotatable bonds is 3. The predicted octanol–water partition coefficient (Wildman–Crippen LogP) is 3.84. The van der Waals surface area contributed by atoms with Crippen molar-refractivity contribution in [1.29, 1.82) is 0 Å². The van der Waals surface area contributed by atoms with Crippen molar-refractivity contribution in [1.82, 2.24) is 0 Å². The lowest BCUT2D eigenvalue weighted by atomic mass is 10.1. The molecule has 0 aliphatic rings. The summed E-state index contributed by atoms with van der Waals surface area (Å²) in [5.74, 6) is -0.523. The number of carbonyl (C=O) groups excluding carboxylic acids is 1. The highest BCUT2D eigenvalue weighted by atomic mass is 79.9. The molecule has 1 aromatic carbocycles. The molecule has 0 spiro atoms. The minimum Gasteiger partial charge on any atom is -0.324 e. The number of halogens is 3. The molecule has 0 saturated carbocycles. The smallest absolute Gasteiger partial charge is 0.238 e. The van der Waals surface area contributed by atoms with Gasteiger partial charge in [0.15, 0.2) is 0 Å². The molecule has 2 nitrogen and oxygen atoms in total. The molecule has 0 heterocycles. The van der Waals surface area contributed by atoms with Crippen LogP contribution >= 0.6 is 27.5 Å². The van der Waals surface area contributed by atoms with Gasteiger partial charge in [-0.1, -0.05) is 41.4 Å². The summed E-state index contributed by atoms with van der Waals surface area (Å²) in [5, 5.41) is 2.89. The third-order valence-electron chi connectivity index (χ3n) is 2.02. The highest BCUT2D eigenvalue weighted by Crippen LogP contribution is 2.24. The van der Waals surface area contributed by atoms with Crippen LogP contribution in [0.1, 0.15) is 13.8 Å². The summed E-state index contributed by atoms with van der Waals surface area (Å²) in [6.45, 7) is 3.82. The minimum absolute atomic E-state index is 0.146. The van der Waals surface area contributed by atoms with Gasteiger partial charge in [0, 0.05) is 0 Å². The van der Waals surface area contributed by atoms with E-state index in [0.717, 1.165) is 0 Å². The van der Waals surface area contributed by atoms with Gasteiger partial charge in [-0.25, -0.2) is 4.39 Å². The van der Waals surface area contributed by atoms with E-state index in [1.54, 1.807) is 0 Å². The number of benzene rings is 1. The topological polar surface area (TPSA) is 29.1 Å². The summed E-state index contributed by atoms with van der Waals surface area (Å²) < 4.78 is 12.9. The molecule has 0 saturated heterocycles. The maximum absolute atomic E-state index is 12.9. The van der Waals surface area contributed by atoms with Gasteiger partial charge in [0.05, 0.1) is 15.5 Å². The van der Waals surface area contributed by atoms with Crippen molar-refractivity contribution in [3.05, 3.63) is 29.0 Å². The molecular weight excluding hydrogens is 296 g/mol.